The molecule has 0 saturated carbocycles. The summed E-state index contributed by atoms with van der Waals surface area (Å²) in [6, 6.07) is 4.35. The number of rotatable bonds is 4. The highest BCUT2D eigenvalue weighted by Crippen LogP contribution is 2.67. The molecule has 31 heavy (non-hydrogen) atoms. The van der Waals surface area contributed by atoms with Crippen molar-refractivity contribution >= 4 is 0 Å². The van der Waals surface area contributed by atoms with Crippen LogP contribution in [0.2, 0.25) is 0 Å². The summed E-state index contributed by atoms with van der Waals surface area (Å²) < 4.78 is 18.2. The summed E-state index contributed by atoms with van der Waals surface area (Å²) in [6.45, 7) is 4.35. The minimum Gasteiger partial charge on any atom is -0.474 e. The first-order valence-electron chi connectivity index (χ1n) is 11.0. The summed E-state index contributed by atoms with van der Waals surface area (Å²) in [6.07, 6.45) is 4.48. The topological polar surface area (TPSA) is 103 Å². The van der Waals surface area contributed by atoms with E-state index in [0.29, 0.717) is 31.4 Å². The summed E-state index contributed by atoms with van der Waals surface area (Å²) in [4.78, 5) is 7.73. The number of benzene rings is 1. The van der Waals surface area contributed by atoms with E-state index in [1.807, 2.05) is 6.07 Å². The van der Waals surface area contributed by atoms with Gasteiger partial charge in [0.15, 0.2) is 11.5 Å². The lowest BCUT2D eigenvalue weighted by atomic mass is 9.51. The number of morpholine rings is 1. The van der Waals surface area contributed by atoms with Crippen LogP contribution in [0.1, 0.15) is 17.5 Å². The highest BCUT2D eigenvalue weighted by Gasteiger charge is 2.72. The Hall–Kier alpha value is -2.29. The molecule has 3 heterocycles. The smallest absolute Gasteiger partial charge is 0.227 e. The van der Waals surface area contributed by atoms with Crippen LogP contribution in [-0.2, 0) is 16.6 Å². The number of azide groups is 1. The molecule has 1 N–H and O–H groups in total. The van der Waals surface area contributed by atoms with Gasteiger partial charge in [-0.3, -0.25) is 4.90 Å². The Morgan fingerprint density at radius 3 is 2.94 bits per heavy atom. The Morgan fingerprint density at radius 1 is 1.29 bits per heavy atom. The van der Waals surface area contributed by atoms with E-state index in [1.165, 1.54) is 5.56 Å². The van der Waals surface area contributed by atoms with E-state index in [0.717, 1.165) is 38.0 Å². The van der Waals surface area contributed by atoms with Gasteiger partial charge < -0.3 is 24.2 Å². The van der Waals surface area contributed by atoms with Crippen LogP contribution in [0.5, 0.6) is 11.5 Å². The van der Waals surface area contributed by atoms with E-state index in [4.69, 9.17) is 14.2 Å². The first kappa shape index (κ1) is 19.4. The SMILES string of the molecule is CN1CC[C@]23c4c5ccc(OCN6CCOCC6)c4O[C@@]2(N=[N+]=[N-])[C@@H](O)C=C[C@H]3[C@H]1C5. The third-order valence-electron chi connectivity index (χ3n) is 7.99. The molecule has 2 fully saturated rings. The molecule has 6 rings (SSSR count). The summed E-state index contributed by atoms with van der Waals surface area (Å²) in [5.74, 6) is 1.38. The van der Waals surface area contributed by atoms with Gasteiger partial charge in [0.05, 0.1) is 18.6 Å². The molecule has 1 aromatic rings. The number of likely N-dealkylation sites (tertiary alicyclic amines) is 1. The Kier molecular flexibility index (Phi) is 4.29. The third-order valence-corrected chi connectivity index (χ3v) is 7.99. The lowest BCUT2D eigenvalue weighted by Gasteiger charge is -2.59. The maximum atomic E-state index is 11.1. The van der Waals surface area contributed by atoms with Crippen LogP contribution >= 0.6 is 0 Å². The van der Waals surface area contributed by atoms with Gasteiger partial charge in [-0.1, -0.05) is 18.2 Å². The van der Waals surface area contributed by atoms with Gasteiger partial charge in [-0.2, -0.15) is 0 Å². The fourth-order valence-corrected chi connectivity index (χ4v) is 6.51. The fourth-order valence-electron chi connectivity index (χ4n) is 6.51. The monoisotopic (exact) mass is 425 g/mol. The summed E-state index contributed by atoms with van der Waals surface area (Å²) in [5, 5.41) is 15.3. The normalized spacial score (nSPS) is 38.2. The number of piperidine rings is 1. The number of aliphatic hydroxyl groups is 1. The average Bonchev–Trinajstić information content (AvgIpc) is 3.09. The minimum absolute atomic E-state index is 0.100. The van der Waals surface area contributed by atoms with Gasteiger partial charge in [-0.05, 0) is 48.7 Å². The molecule has 0 unspecified atom stereocenters. The van der Waals surface area contributed by atoms with Crippen molar-refractivity contribution in [1.82, 2.24) is 9.80 Å². The van der Waals surface area contributed by atoms with Gasteiger partial charge >= 0.3 is 0 Å². The fraction of sp³-hybridized carbons (Fsp3) is 0.636. The van der Waals surface area contributed by atoms with E-state index in [1.54, 1.807) is 6.08 Å². The second kappa shape index (κ2) is 6.85. The lowest BCUT2D eigenvalue weighted by Crippen LogP contribution is -2.70. The maximum absolute atomic E-state index is 11.1. The van der Waals surface area contributed by atoms with Crippen molar-refractivity contribution in [2.24, 2.45) is 11.0 Å². The molecular weight excluding hydrogens is 398 g/mol. The zero-order chi connectivity index (χ0) is 21.2. The van der Waals surface area contributed by atoms with Crippen LogP contribution in [0, 0.1) is 5.92 Å². The molecule has 2 bridgehead atoms. The van der Waals surface area contributed by atoms with Crippen LogP contribution < -0.4 is 9.47 Å². The van der Waals surface area contributed by atoms with Gasteiger partial charge in [-0.15, -0.1) is 0 Å². The molecule has 5 atom stereocenters. The number of aliphatic hydroxyl groups excluding tert-OH is 1. The Bertz CT molecular complexity index is 988. The molecule has 9 heteroatoms. The number of hydrogen-bond acceptors (Lipinski definition) is 7. The van der Waals surface area contributed by atoms with Crippen LogP contribution in [0.4, 0.5) is 0 Å². The molecule has 9 nitrogen and oxygen atoms in total. The standard InChI is InChI=1S/C22H27N5O4/c1-26-7-6-21-15-3-5-18(28)22(21,24-25-23)31-20-17(30-13-27-8-10-29-11-9-27)4-2-14(19(20)21)12-16(15)26/h2-5,15-16,18,28H,6-13H2,1H3/t15-,16+,18-,21-,22-/m0/s1. The summed E-state index contributed by atoms with van der Waals surface area (Å²) in [7, 11) is 2.15. The maximum Gasteiger partial charge on any atom is 0.227 e. The van der Waals surface area contributed by atoms with Gasteiger partial charge in [0.2, 0.25) is 5.72 Å². The molecule has 2 saturated heterocycles. The molecule has 3 aliphatic heterocycles. The van der Waals surface area contributed by atoms with Gasteiger partial charge in [0.1, 0.15) is 12.8 Å². The number of likely N-dealkylation sites (N-methyl/N-ethyl adjacent to an activating group) is 1. The van der Waals surface area contributed by atoms with E-state index in [2.05, 4.69) is 39.0 Å². The van der Waals surface area contributed by atoms with Crippen LogP contribution in [-0.4, -0.2) is 79.4 Å². The molecule has 0 aromatic heterocycles. The number of hydrogen-bond donors (Lipinski definition) is 1. The van der Waals surface area contributed by atoms with Crippen LogP contribution in [0.15, 0.2) is 29.4 Å². The largest absolute Gasteiger partial charge is 0.474 e. The molecule has 1 aromatic carbocycles. The predicted octanol–water partition coefficient (Wildman–Crippen LogP) is 1.80. The zero-order valence-electron chi connectivity index (χ0n) is 17.6. The number of nitrogens with zero attached hydrogens (tertiary/aromatic N) is 5. The first-order valence-corrected chi connectivity index (χ1v) is 11.0. The quantitative estimate of drug-likeness (QED) is 0.342. The van der Waals surface area contributed by atoms with E-state index in [9.17, 15) is 10.6 Å². The molecule has 0 radical (unpaired) electrons. The average molecular weight is 425 g/mol. The van der Waals surface area contributed by atoms with Gasteiger partial charge in [0.25, 0.3) is 0 Å². The minimum atomic E-state index is -1.39. The molecule has 5 aliphatic rings. The van der Waals surface area contributed by atoms with Gasteiger partial charge in [0, 0.05) is 35.5 Å². The molecule has 0 amide bonds. The molecule has 1 spiro atoms. The lowest BCUT2D eigenvalue weighted by molar-refractivity contribution is -0.117. The van der Waals surface area contributed by atoms with Crippen molar-refractivity contribution in [1.29, 1.82) is 0 Å². The molecular formula is C22H27N5O4. The van der Waals surface area contributed by atoms with E-state index < -0.39 is 17.2 Å². The molecule has 164 valence electrons. The Labute approximate surface area is 180 Å². The van der Waals surface area contributed by atoms with E-state index >= 15 is 0 Å². The highest BCUT2D eigenvalue weighted by atomic mass is 16.6. The van der Waals surface area contributed by atoms with Crippen molar-refractivity contribution in [2.45, 2.75) is 36.1 Å². The Morgan fingerprint density at radius 2 is 2.13 bits per heavy atom. The van der Waals surface area contributed by atoms with Crippen LogP contribution in [0.25, 0.3) is 10.4 Å². The zero-order valence-corrected chi connectivity index (χ0v) is 17.6. The van der Waals surface area contributed by atoms with Crippen molar-refractivity contribution < 1.29 is 19.3 Å². The number of ether oxygens (including phenoxy) is 3. The van der Waals surface area contributed by atoms with Crippen molar-refractivity contribution in [3.05, 3.63) is 45.9 Å². The van der Waals surface area contributed by atoms with Crippen LogP contribution in [0.3, 0.4) is 0 Å². The summed E-state index contributed by atoms with van der Waals surface area (Å²) in [5.41, 5.74) is 9.78. The first-order chi connectivity index (χ1) is 15.1. The van der Waals surface area contributed by atoms with Gasteiger partial charge in [-0.25, -0.2) is 0 Å². The van der Waals surface area contributed by atoms with Crippen molar-refractivity contribution in [3.63, 3.8) is 0 Å². The van der Waals surface area contributed by atoms with Crippen molar-refractivity contribution in [2.75, 3.05) is 46.6 Å². The third kappa shape index (κ3) is 2.44. The second-order valence-corrected chi connectivity index (χ2v) is 9.25. The predicted molar refractivity (Wildman–Crippen MR) is 112 cm³/mol. The second-order valence-electron chi connectivity index (χ2n) is 9.25. The Balaban J connectivity index is 1.48. The van der Waals surface area contributed by atoms with Crippen molar-refractivity contribution in [3.8, 4) is 11.5 Å². The molecule has 2 aliphatic carbocycles. The summed E-state index contributed by atoms with van der Waals surface area (Å²) >= 11 is 0. The highest BCUT2D eigenvalue weighted by molar-refractivity contribution is 5.63. The van der Waals surface area contributed by atoms with E-state index in [-0.39, 0.29) is 12.0 Å².